The average molecular weight is 609 g/mol. The smallest absolute Gasteiger partial charge is 0.0705 e. The Balaban J connectivity index is 1.13. The summed E-state index contributed by atoms with van der Waals surface area (Å²) < 4.78 is 0. The monoisotopic (exact) mass is 608 g/mol. The Morgan fingerprint density at radius 1 is 0.609 bits per heavy atom. The van der Waals surface area contributed by atoms with Gasteiger partial charge in [-0.05, 0) is 160 Å². The minimum atomic E-state index is 0.532. The molecule has 0 aliphatic carbocycles. The Bertz CT molecular complexity index is 1740. The van der Waals surface area contributed by atoms with Gasteiger partial charge in [-0.3, -0.25) is 19.8 Å². The second kappa shape index (κ2) is 14.1. The molecule has 0 spiro atoms. The Morgan fingerprint density at radius 3 is 1.78 bits per heavy atom. The summed E-state index contributed by atoms with van der Waals surface area (Å²) in [4.78, 5) is 15.0. The van der Waals surface area contributed by atoms with Gasteiger partial charge in [-0.15, -0.1) is 0 Å². The van der Waals surface area contributed by atoms with E-state index in [-0.39, 0.29) is 0 Å². The Hall–Kier alpha value is -4.12. The molecule has 0 bridgehead atoms. The van der Waals surface area contributed by atoms with Crippen molar-refractivity contribution in [3.8, 4) is 22.5 Å². The van der Waals surface area contributed by atoms with E-state index in [4.69, 9.17) is 9.97 Å². The number of aryl methyl sites for hydroxylation is 4. The van der Waals surface area contributed by atoms with Crippen LogP contribution in [0.3, 0.4) is 0 Å². The fourth-order valence-corrected chi connectivity index (χ4v) is 6.85. The summed E-state index contributed by atoms with van der Waals surface area (Å²) in [5.41, 5.74) is 16.5. The highest BCUT2D eigenvalue weighted by atomic mass is 15.2. The molecular formula is C42H48N4. The van der Waals surface area contributed by atoms with Crippen molar-refractivity contribution in [2.24, 2.45) is 0 Å². The van der Waals surface area contributed by atoms with Gasteiger partial charge in [-0.25, -0.2) is 0 Å². The van der Waals surface area contributed by atoms with Gasteiger partial charge in [0.05, 0.1) is 11.4 Å². The molecule has 46 heavy (non-hydrogen) atoms. The third-order valence-corrected chi connectivity index (χ3v) is 10.2. The number of likely N-dealkylation sites (tertiary alicyclic amines) is 1. The Labute approximate surface area is 276 Å². The third kappa shape index (κ3) is 7.46. The largest absolute Gasteiger partial charge is 0.299 e. The van der Waals surface area contributed by atoms with Crippen molar-refractivity contribution >= 4 is 0 Å². The van der Waals surface area contributed by atoms with E-state index in [1.165, 1.54) is 61.2 Å². The van der Waals surface area contributed by atoms with Crippen LogP contribution in [0.25, 0.3) is 22.5 Å². The molecule has 0 saturated carbocycles. The number of piperidine rings is 1. The van der Waals surface area contributed by atoms with Crippen molar-refractivity contribution in [3.05, 3.63) is 141 Å². The van der Waals surface area contributed by atoms with E-state index in [1.807, 2.05) is 6.20 Å². The summed E-state index contributed by atoms with van der Waals surface area (Å²) in [5, 5.41) is 0. The molecule has 3 aromatic carbocycles. The summed E-state index contributed by atoms with van der Waals surface area (Å²) >= 11 is 0. The first-order valence-electron chi connectivity index (χ1n) is 16.8. The standard InChI is InChI=1S/C42H48N4/c1-29-20-38(21-30(2)33(29)5)41-13-12-37(25-44-41)28-46(27-35-10-8-7-9-11-35)40-15-18-45(19-16-40)26-36-14-17-43-42(24-36)39-22-31(3)34(6)32(4)23-39/h7-14,17,20-25,40H,15-16,18-19,26-28H2,1-6H3. The van der Waals surface area contributed by atoms with Gasteiger partial charge in [-0.2, -0.15) is 0 Å². The molecule has 6 rings (SSSR count). The van der Waals surface area contributed by atoms with Crippen LogP contribution in [0.5, 0.6) is 0 Å². The third-order valence-electron chi connectivity index (χ3n) is 10.2. The van der Waals surface area contributed by atoms with Crippen molar-refractivity contribution in [1.29, 1.82) is 0 Å². The lowest BCUT2D eigenvalue weighted by Gasteiger charge is -2.39. The van der Waals surface area contributed by atoms with E-state index < -0.39 is 0 Å². The summed E-state index contributed by atoms with van der Waals surface area (Å²) in [6, 6.07) is 29.5. The summed E-state index contributed by atoms with van der Waals surface area (Å²) in [6.07, 6.45) is 6.39. The first kappa shape index (κ1) is 31.8. The van der Waals surface area contributed by atoms with Crippen molar-refractivity contribution in [2.45, 2.75) is 80.1 Å². The van der Waals surface area contributed by atoms with Gasteiger partial charge in [-0.1, -0.05) is 36.4 Å². The molecule has 236 valence electrons. The van der Waals surface area contributed by atoms with Gasteiger partial charge < -0.3 is 0 Å². The molecule has 2 aromatic heterocycles. The Morgan fingerprint density at radius 2 is 1.20 bits per heavy atom. The van der Waals surface area contributed by atoms with Gasteiger partial charge >= 0.3 is 0 Å². The zero-order chi connectivity index (χ0) is 32.2. The molecule has 4 nitrogen and oxygen atoms in total. The van der Waals surface area contributed by atoms with E-state index in [1.54, 1.807) is 0 Å². The van der Waals surface area contributed by atoms with E-state index in [0.717, 1.165) is 57.0 Å². The van der Waals surface area contributed by atoms with Crippen molar-refractivity contribution in [3.63, 3.8) is 0 Å². The van der Waals surface area contributed by atoms with Crippen molar-refractivity contribution < 1.29 is 0 Å². The minimum Gasteiger partial charge on any atom is -0.299 e. The molecule has 3 heterocycles. The molecular weight excluding hydrogens is 560 g/mol. The number of benzene rings is 3. The highest BCUT2D eigenvalue weighted by Gasteiger charge is 2.25. The highest BCUT2D eigenvalue weighted by Crippen LogP contribution is 2.27. The van der Waals surface area contributed by atoms with Gasteiger partial charge in [0.1, 0.15) is 0 Å². The van der Waals surface area contributed by atoms with E-state index in [2.05, 4.69) is 136 Å². The Kier molecular flexibility index (Phi) is 9.77. The van der Waals surface area contributed by atoms with Crippen LogP contribution in [-0.2, 0) is 19.6 Å². The number of pyridine rings is 2. The van der Waals surface area contributed by atoms with Crippen LogP contribution >= 0.6 is 0 Å². The van der Waals surface area contributed by atoms with Crippen LogP contribution in [0.2, 0.25) is 0 Å². The summed E-state index contributed by atoms with van der Waals surface area (Å²) in [6.45, 7) is 18.2. The molecule has 1 aliphatic heterocycles. The predicted octanol–water partition coefficient (Wildman–Crippen LogP) is 9.33. The molecule has 1 fully saturated rings. The first-order chi connectivity index (χ1) is 22.2. The second-order valence-electron chi connectivity index (χ2n) is 13.5. The summed E-state index contributed by atoms with van der Waals surface area (Å²) in [7, 11) is 0. The topological polar surface area (TPSA) is 32.3 Å². The van der Waals surface area contributed by atoms with Gasteiger partial charge in [0.25, 0.3) is 0 Å². The maximum Gasteiger partial charge on any atom is 0.0705 e. The number of hydrogen-bond acceptors (Lipinski definition) is 4. The van der Waals surface area contributed by atoms with Gasteiger partial charge in [0.2, 0.25) is 0 Å². The maximum absolute atomic E-state index is 4.93. The first-order valence-corrected chi connectivity index (χ1v) is 16.8. The second-order valence-corrected chi connectivity index (χ2v) is 13.5. The number of rotatable bonds is 9. The van der Waals surface area contributed by atoms with Crippen molar-refractivity contribution in [2.75, 3.05) is 13.1 Å². The molecule has 0 N–H and O–H groups in total. The fourth-order valence-electron chi connectivity index (χ4n) is 6.85. The van der Waals surface area contributed by atoms with Crippen LogP contribution in [0.1, 0.15) is 62.9 Å². The van der Waals surface area contributed by atoms with Crippen LogP contribution < -0.4 is 0 Å². The zero-order valence-corrected chi connectivity index (χ0v) is 28.5. The van der Waals surface area contributed by atoms with E-state index in [0.29, 0.717) is 6.04 Å². The highest BCUT2D eigenvalue weighted by molar-refractivity contribution is 5.64. The lowest BCUT2D eigenvalue weighted by Crippen LogP contribution is -2.44. The predicted molar refractivity (Wildman–Crippen MR) is 192 cm³/mol. The molecule has 0 unspecified atom stereocenters. The molecule has 1 saturated heterocycles. The van der Waals surface area contributed by atoms with Crippen LogP contribution in [0, 0.1) is 41.5 Å². The number of hydrogen-bond donors (Lipinski definition) is 0. The maximum atomic E-state index is 4.93. The molecule has 0 atom stereocenters. The van der Waals surface area contributed by atoms with Crippen LogP contribution in [0.15, 0.2) is 91.3 Å². The SMILES string of the molecule is Cc1cc(-c2ccc(CN(Cc3ccccc3)C3CCN(Cc4ccnc(-c5cc(C)c(C)c(C)c5)c4)CC3)cn2)cc(C)c1C. The average Bonchev–Trinajstić information content (AvgIpc) is 3.06. The summed E-state index contributed by atoms with van der Waals surface area (Å²) in [5.74, 6) is 0. The molecule has 4 heteroatoms. The minimum absolute atomic E-state index is 0.532. The molecule has 1 aliphatic rings. The molecule has 0 amide bonds. The molecule has 0 radical (unpaired) electrons. The number of nitrogens with zero attached hydrogens (tertiary/aromatic N) is 4. The van der Waals surface area contributed by atoms with E-state index in [9.17, 15) is 0 Å². The van der Waals surface area contributed by atoms with E-state index >= 15 is 0 Å². The van der Waals surface area contributed by atoms with Crippen molar-refractivity contribution in [1.82, 2.24) is 19.8 Å². The zero-order valence-electron chi connectivity index (χ0n) is 28.5. The van der Waals surface area contributed by atoms with Crippen LogP contribution in [-0.4, -0.2) is 38.9 Å². The normalized spacial score (nSPS) is 14.2. The van der Waals surface area contributed by atoms with Gasteiger partial charge in [0.15, 0.2) is 0 Å². The number of aromatic nitrogens is 2. The molecule has 5 aromatic rings. The lowest BCUT2D eigenvalue weighted by atomic mass is 9.98. The quantitative estimate of drug-likeness (QED) is 0.167. The van der Waals surface area contributed by atoms with Gasteiger partial charge in [0, 0.05) is 49.2 Å². The van der Waals surface area contributed by atoms with Crippen LogP contribution in [0.4, 0.5) is 0 Å². The lowest BCUT2D eigenvalue weighted by molar-refractivity contribution is 0.0932. The fraction of sp³-hybridized carbons (Fsp3) is 0.333.